The summed E-state index contributed by atoms with van der Waals surface area (Å²) < 4.78 is 9.80. The summed E-state index contributed by atoms with van der Waals surface area (Å²) in [5, 5.41) is 3.53. The number of carbonyl (C=O) groups excluding carboxylic acids is 1. The van der Waals surface area contributed by atoms with E-state index in [4.69, 9.17) is 4.74 Å². The van der Waals surface area contributed by atoms with Crippen LogP contribution in [0.2, 0.25) is 0 Å². The molecule has 0 aliphatic heterocycles. The van der Waals surface area contributed by atoms with Gasteiger partial charge in [-0.2, -0.15) is 0 Å². The fourth-order valence-corrected chi connectivity index (χ4v) is 1.75. The molecule has 0 atom stereocenters. The summed E-state index contributed by atoms with van der Waals surface area (Å²) in [5.74, 6) is 0.488. The number of thiophene rings is 1. The van der Waals surface area contributed by atoms with Crippen molar-refractivity contribution in [2.24, 2.45) is 0 Å². The predicted octanol–water partition coefficient (Wildman–Crippen LogP) is 2.66. The first kappa shape index (κ1) is 8.55. The van der Waals surface area contributed by atoms with Crippen molar-refractivity contribution in [2.75, 3.05) is 7.11 Å². The lowest BCUT2D eigenvalue weighted by molar-refractivity contribution is 0.121. The van der Waals surface area contributed by atoms with Crippen LogP contribution in [-0.2, 0) is 4.74 Å². The minimum Gasteiger partial charge on any atom is -0.437 e. The van der Waals surface area contributed by atoms with Crippen LogP contribution in [0.3, 0.4) is 0 Å². The van der Waals surface area contributed by atoms with Crippen molar-refractivity contribution in [3.8, 4) is 5.75 Å². The average molecular weight is 237 g/mol. The summed E-state index contributed by atoms with van der Waals surface area (Å²) in [4.78, 5) is 10.6. The minimum atomic E-state index is -0.705. The van der Waals surface area contributed by atoms with E-state index in [0.29, 0.717) is 5.75 Å². The van der Waals surface area contributed by atoms with E-state index in [1.807, 2.05) is 5.38 Å². The van der Waals surface area contributed by atoms with E-state index in [1.165, 1.54) is 18.4 Å². The van der Waals surface area contributed by atoms with Crippen LogP contribution >= 0.6 is 27.3 Å². The Morgan fingerprint density at radius 3 is 2.82 bits per heavy atom. The quantitative estimate of drug-likeness (QED) is 0.704. The van der Waals surface area contributed by atoms with E-state index in [2.05, 4.69) is 20.7 Å². The van der Waals surface area contributed by atoms with Gasteiger partial charge in [-0.25, -0.2) is 4.79 Å². The molecule has 0 aliphatic carbocycles. The number of hydrogen-bond acceptors (Lipinski definition) is 4. The van der Waals surface area contributed by atoms with Crippen molar-refractivity contribution in [3.63, 3.8) is 0 Å². The van der Waals surface area contributed by atoms with E-state index in [9.17, 15) is 4.79 Å². The van der Waals surface area contributed by atoms with E-state index >= 15 is 0 Å². The molecule has 0 spiro atoms. The third-order valence-corrected chi connectivity index (χ3v) is 2.59. The highest BCUT2D eigenvalue weighted by Gasteiger charge is 2.07. The molecule has 0 unspecified atom stereocenters. The molecule has 0 aliphatic rings. The van der Waals surface area contributed by atoms with E-state index in [1.54, 1.807) is 5.38 Å². The van der Waals surface area contributed by atoms with E-state index < -0.39 is 6.16 Å². The Kier molecular flexibility index (Phi) is 2.90. The van der Waals surface area contributed by atoms with Gasteiger partial charge in [0.05, 0.1) is 11.6 Å². The number of rotatable bonds is 1. The number of methoxy groups -OCH3 is 1. The number of hydrogen-bond donors (Lipinski definition) is 0. The highest BCUT2D eigenvalue weighted by molar-refractivity contribution is 9.10. The van der Waals surface area contributed by atoms with Gasteiger partial charge >= 0.3 is 6.16 Å². The van der Waals surface area contributed by atoms with Gasteiger partial charge in [0.1, 0.15) is 0 Å². The third kappa shape index (κ3) is 2.20. The standard InChI is InChI=1S/C6H5BrO3S/c1-9-6(8)10-5-3-11-2-4(5)7/h2-3H,1H3. The summed E-state index contributed by atoms with van der Waals surface area (Å²) in [6, 6.07) is 0. The molecule has 11 heavy (non-hydrogen) atoms. The van der Waals surface area contributed by atoms with Gasteiger partial charge in [-0.3, -0.25) is 0 Å². The maximum atomic E-state index is 10.6. The first-order chi connectivity index (χ1) is 5.24. The molecule has 0 amide bonds. The van der Waals surface area contributed by atoms with Crippen LogP contribution in [0.5, 0.6) is 5.75 Å². The molecular weight excluding hydrogens is 232 g/mol. The van der Waals surface area contributed by atoms with Crippen molar-refractivity contribution in [1.82, 2.24) is 0 Å². The molecule has 0 radical (unpaired) electrons. The Hall–Kier alpha value is -0.550. The molecule has 0 bridgehead atoms. The van der Waals surface area contributed by atoms with Crippen LogP contribution < -0.4 is 4.74 Å². The molecule has 0 saturated heterocycles. The maximum absolute atomic E-state index is 10.6. The molecule has 1 aromatic heterocycles. The van der Waals surface area contributed by atoms with Crippen LogP contribution in [0.4, 0.5) is 4.79 Å². The summed E-state index contributed by atoms with van der Waals surface area (Å²) >= 11 is 4.64. The van der Waals surface area contributed by atoms with E-state index in [-0.39, 0.29) is 0 Å². The molecule has 1 aromatic rings. The van der Waals surface area contributed by atoms with Crippen molar-refractivity contribution in [3.05, 3.63) is 15.2 Å². The van der Waals surface area contributed by atoms with Gasteiger partial charge in [-0.1, -0.05) is 0 Å². The van der Waals surface area contributed by atoms with Gasteiger partial charge < -0.3 is 9.47 Å². The van der Waals surface area contributed by atoms with Crippen molar-refractivity contribution >= 4 is 33.4 Å². The van der Waals surface area contributed by atoms with Crippen LogP contribution in [0, 0.1) is 0 Å². The third-order valence-electron chi connectivity index (χ3n) is 0.942. The molecule has 1 rings (SSSR count). The highest BCUT2D eigenvalue weighted by Crippen LogP contribution is 2.28. The smallest absolute Gasteiger partial charge is 0.437 e. The second kappa shape index (κ2) is 3.73. The van der Waals surface area contributed by atoms with Crippen LogP contribution in [-0.4, -0.2) is 13.3 Å². The second-order valence-corrected chi connectivity index (χ2v) is 3.24. The molecular formula is C6H5BrO3S. The van der Waals surface area contributed by atoms with Crippen LogP contribution in [0.15, 0.2) is 15.2 Å². The highest BCUT2D eigenvalue weighted by atomic mass is 79.9. The van der Waals surface area contributed by atoms with Gasteiger partial charge in [-0.15, -0.1) is 11.3 Å². The summed E-state index contributed by atoms with van der Waals surface area (Å²) in [7, 11) is 1.27. The topological polar surface area (TPSA) is 35.5 Å². The number of halogens is 1. The van der Waals surface area contributed by atoms with Gasteiger partial charge in [0.25, 0.3) is 0 Å². The fraction of sp³-hybridized carbons (Fsp3) is 0.167. The zero-order valence-corrected chi connectivity index (χ0v) is 8.07. The average Bonchev–Trinajstić information content (AvgIpc) is 2.37. The van der Waals surface area contributed by atoms with Gasteiger partial charge in [-0.05, 0) is 15.9 Å². The Bertz CT molecular complexity index is 258. The normalized spacial score (nSPS) is 9.27. The zero-order valence-electron chi connectivity index (χ0n) is 5.67. The van der Waals surface area contributed by atoms with E-state index in [0.717, 1.165) is 4.47 Å². The van der Waals surface area contributed by atoms with Gasteiger partial charge in [0.2, 0.25) is 0 Å². The Labute approximate surface area is 76.1 Å². The zero-order chi connectivity index (χ0) is 8.27. The predicted molar refractivity (Wildman–Crippen MR) is 45.1 cm³/mol. The van der Waals surface area contributed by atoms with Crippen molar-refractivity contribution in [2.45, 2.75) is 0 Å². The molecule has 60 valence electrons. The summed E-state index contributed by atoms with van der Waals surface area (Å²) in [6.07, 6.45) is -0.705. The summed E-state index contributed by atoms with van der Waals surface area (Å²) in [5.41, 5.74) is 0. The van der Waals surface area contributed by atoms with Crippen molar-refractivity contribution < 1.29 is 14.3 Å². The molecule has 0 fully saturated rings. The fourth-order valence-electron chi connectivity index (χ4n) is 0.474. The molecule has 5 heteroatoms. The molecule has 0 aromatic carbocycles. The lowest BCUT2D eigenvalue weighted by atomic mass is 10.6. The Morgan fingerprint density at radius 2 is 2.36 bits per heavy atom. The largest absolute Gasteiger partial charge is 0.513 e. The molecule has 0 saturated carbocycles. The lowest BCUT2D eigenvalue weighted by Gasteiger charge is -1.98. The first-order valence-corrected chi connectivity index (χ1v) is 4.45. The molecule has 0 N–H and O–H groups in total. The first-order valence-electron chi connectivity index (χ1n) is 2.71. The Balaban J connectivity index is 2.64. The van der Waals surface area contributed by atoms with Crippen molar-refractivity contribution in [1.29, 1.82) is 0 Å². The summed E-state index contributed by atoms with van der Waals surface area (Å²) in [6.45, 7) is 0. The molecule has 3 nitrogen and oxygen atoms in total. The van der Waals surface area contributed by atoms with Crippen LogP contribution in [0.25, 0.3) is 0 Å². The number of ether oxygens (including phenoxy) is 2. The Morgan fingerprint density at radius 1 is 1.64 bits per heavy atom. The van der Waals surface area contributed by atoms with Crippen LogP contribution in [0.1, 0.15) is 0 Å². The maximum Gasteiger partial charge on any atom is 0.513 e. The lowest BCUT2D eigenvalue weighted by Crippen LogP contribution is -2.06. The van der Waals surface area contributed by atoms with Gasteiger partial charge in [0.15, 0.2) is 5.75 Å². The number of carbonyl (C=O) groups is 1. The molecule has 1 heterocycles. The monoisotopic (exact) mass is 236 g/mol. The minimum absolute atomic E-state index is 0.488. The SMILES string of the molecule is COC(=O)Oc1cscc1Br. The second-order valence-electron chi connectivity index (χ2n) is 1.64. The van der Waals surface area contributed by atoms with Gasteiger partial charge in [0, 0.05) is 10.8 Å².